The molecule has 0 saturated heterocycles. The van der Waals surface area contributed by atoms with Gasteiger partial charge in [-0.2, -0.15) is 0 Å². The van der Waals surface area contributed by atoms with Gasteiger partial charge in [0.1, 0.15) is 0 Å². The lowest BCUT2D eigenvalue weighted by Crippen LogP contribution is -2.11. The molecule has 7 nitrogen and oxygen atoms in total. The van der Waals surface area contributed by atoms with Crippen molar-refractivity contribution in [1.29, 1.82) is 0 Å². The van der Waals surface area contributed by atoms with Crippen LogP contribution in [0.3, 0.4) is 0 Å². The quantitative estimate of drug-likeness (QED) is 0.598. The summed E-state index contributed by atoms with van der Waals surface area (Å²) in [6, 6.07) is 3.55. The van der Waals surface area contributed by atoms with E-state index in [2.05, 4.69) is 10.5 Å². The molecular weight excluding hydrogens is 240 g/mol. The van der Waals surface area contributed by atoms with E-state index in [0.717, 1.165) is 12.1 Å². The van der Waals surface area contributed by atoms with Crippen molar-refractivity contribution in [3.05, 3.63) is 29.5 Å². The van der Waals surface area contributed by atoms with Crippen LogP contribution in [0.25, 0.3) is 0 Å². The molecule has 1 heterocycles. The van der Waals surface area contributed by atoms with E-state index in [4.69, 9.17) is 9.63 Å². The lowest BCUT2D eigenvalue weighted by Gasteiger charge is -2.05. The molecule has 0 aliphatic heterocycles. The smallest absolute Gasteiger partial charge is 0.258 e. The molecule has 4 N–H and O–H groups in total. The molecule has 2 rings (SSSR count). The van der Waals surface area contributed by atoms with Crippen LogP contribution >= 0.6 is 0 Å². The molecule has 7 heteroatoms. The van der Waals surface area contributed by atoms with Crippen molar-refractivity contribution in [2.24, 2.45) is 0 Å². The Labute approximate surface area is 101 Å². The van der Waals surface area contributed by atoms with Crippen LogP contribution in [-0.4, -0.2) is 26.4 Å². The standard InChI is InChI=1S/C11H10N2O5/c1-5-2-9(18-13-5)12-11(17)6-3-7(14)10(16)8(15)4-6/h2-4,14-16H,1H3,(H,12,17). The molecule has 0 saturated carbocycles. The molecule has 0 radical (unpaired) electrons. The molecule has 18 heavy (non-hydrogen) atoms. The molecular formula is C11H10N2O5. The number of hydrogen-bond donors (Lipinski definition) is 4. The average Bonchev–Trinajstić information content (AvgIpc) is 2.71. The molecule has 0 aliphatic rings. The predicted molar refractivity (Wildman–Crippen MR) is 60.6 cm³/mol. The summed E-state index contributed by atoms with van der Waals surface area (Å²) in [6.45, 7) is 1.69. The lowest BCUT2D eigenvalue weighted by atomic mass is 10.1. The predicted octanol–water partition coefficient (Wildman–Crippen LogP) is 1.35. The van der Waals surface area contributed by atoms with Crippen LogP contribution in [0.2, 0.25) is 0 Å². The summed E-state index contributed by atoms with van der Waals surface area (Å²) in [4.78, 5) is 11.7. The summed E-state index contributed by atoms with van der Waals surface area (Å²) >= 11 is 0. The van der Waals surface area contributed by atoms with Gasteiger partial charge in [0.15, 0.2) is 17.2 Å². The van der Waals surface area contributed by atoms with Crippen LogP contribution in [0.1, 0.15) is 16.1 Å². The van der Waals surface area contributed by atoms with Gasteiger partial charge in [0, 0.05) is 11.6 Å². The largest absolute Gasteiger partial charge is 0.504 e. The highest BCUT2D eigenvalue weighted by Gasteiger charge is 2.14. The maximum Gasteiger partial charge on any atom is 0.258 e. The maximum absolute atomic E-state index is 11.7. The molecule has 0 fully saturated rings. The minimum atomic E-state index is -0.679. The van der Waals surface area contributed by atoms with Gasteiger partial charge < -0.3 is 19.8 Å². The molecule has 94 valence electrons. The van der Waals surface area contributed by atoms with Gasteiger partial charge in [0.25, 0.3) is 5.91 Å². The first-order chi connectivity index (χ1) is 8.47. The number of phenols is 3. The number of aromatic hydroxyl groups is 3. The van der Waals surface area contributed by atoms with Crippen LogP contribution in [0.5, 0.6) is 17.2 Å². The van der Waals surface area contributed by atoms with Crippen LogP contribution in [0.15, 0.2) is 22.7 Å². The molecule has 1 aromatic heterocycles. The van der Waals surface area contributed by atoms with E-state index in [0.29, 0.717) is 5.69 Å². The Morgan fingerprint density at radius 2 is 1.83 bits per heavy atom. The number of aromatic nitrogens is 1. The summed E-state index contributed by atoms with van der Waals surface area (Å²) in [5, 5.41) is 33.7. The Balaban J connectivity index is 2.24. The second-order valence-electron chi connectivity index (χ2n) is 3.65. The number of carbonyl (C=O) groups excluding carboxylic acids is 1. The SMILES string of the molecule is Cc1cc(NC(=O)c2cc(O)c(O)c(O)c2)on1. The normalized spacial score (nSPS) is 10.3. The Morgan fingerprint density at radius 3 is 2.33 bits per heavy atom. The zero-order valence-corrected chi connectivity index (χ0v) is 9.34. The zero-order chi connectivity index (χ0) is 13.3. The van der Waals surface area contributed by atoms with Crippen molar-refractivity contribution in [2.75, 3.05) is 5.32 Å². The molecule has 0 aliphatic carbocycles. The van der Waals surface area contributed by atoms with Gasteiger partial charge in [-0.3, -0.25) is 10.1 Å². The van der Waals surface area contributed by atoms with Gasteiger partial charge >= 0.3 is 0 Å². The number of phenolic OH excluding ortho intramolecular Hbond substituents is 3. The lowest BCUT2D eigenvalue weighted by molar-refractivity contribution is 0.102. The van der Waals surface area contributed by atoms with Gasteiger partial charge in [0.2, 0.25) is 5.88 Å². The average molecular weight is 250 g/mol. The van der Waals surface area contributed by atoms with E-state index in [1.807, 2.05) is 0 Å². The van der Waals surface area contributed by atoms with E-state index in [1.165, 1.54) is 6.07 Å². The monoisotopic (exact) mass is 250 g/mol. The number of carbonyl (C=O) groups is 1. The van der Waals surface area contributed by atoms with Crippen molar-refractivity contribution in [3.8, 4) is 17.2 Å². The Bertz CT molecular complexity index is 582. The number of hydrogen-bond acceptors (Lipinski definition) is 6. The second-order valence-corrected chi connectivity index (χ2v) is 3.65. The van der Waals surface area contributed by atoms with Crippen LogP contribution < -0.4 is 5.32 Å². The molecule has 2 aromatic rings. The van der Waals surface area contributed by atoms with E-state index in [-0.39, 0.29) is 11.4 Å². The Kier molecular flexibility index (Phi) is 2.80. The van der Waals surface area contributed by atoms with E-state index in [9.17, 15) is 15.0 Å². The van der Waals surface area contributed by atoms with Gasteiger partial charge in [-0.15, -0.1) is 0 Å². The van der Waals surface area contributed by atoms with E-state index >= 15 is 0 Å². The van der Waals surface area contributed by atoms with Crippen molar-refractivity contribution >= 4 is 11.8 Å². The third-order valence-corrected chi connectivity index (χ3v) is 2.20. The number of anilines is 1. The minimum Gasteiger partial charge on any atom is -0.504 e. The van der Waals surface area contributed by atoms with Gasteiger partial charge in [0.05, 0.1) is 5.69 Å². The topological polar surface area (TPSA) is 116 Å². The summed E-state index contributed by atoms with van der Waals surface area (Å²) in [5.74, 6) is -2.33. The van der Waals surface area contributed by atoms with Crippen molar-refractivity contribution < 1.29 is 24.6 Å². The Morgan fingerprint density at radius 1 is 1.22 bits per heavy atom. The van der Waals surface area contributed by atoms with Crippen LogP contribution in [0, 0.1) is 6.92 Å². The number of amides is 1. The number of aryl methyl sites for hydroxylation is 1. The molecule has 1 aromatic carbocycles. The molecule has 0 unspecified atom stereocenters. The third-order valence-electron chi connectivity index (χ3n) is 2.20. The number of benzene rings is 1. The summed E-state index contributed by atoms with van der Waals surface area (Å²) in [7, 11) is 0. The number of nitrogens with one attached hydrogen (secondary N) is 1. The van der Waals surface area contributed by atoms with E-state index in [1.54, 1.807) is 6.92 Å². The fourth-order valence-electron chi connectivity index (χ4n) is 1.34. The minimum absolute atomic E-state index is 0.0307. The third kappa shape index (κ3) is 2.19. The van der Waals surface area contributed by atoms with Crippen molar-refractivity contribution in [3.63, 3.8) is 0 Å². The van der Waals surface area contributed by atoms with Gasteiger partial charge in [-0.05, 0) is 19.1 Å². The van der Waals surface area contributed by atoms with E-state index < -0.39 is 23.2 Å². The second kappa shape index (κ2) is 4.28. The maximum atomic E-state index is 11.7. The highest BCUT2D eigenvalue weighted by Crippen LogP contribution is 2.35. The van der Waals surface area contributed by atoms with Gasteiger partial charge in [-0.1, -0.05) is 5.16 Å². The number of rotatable bonds is 2. The van der Waals surface area contributed by atoms with Crippen molar-refractivity contribution in [1.82, 2.24) is 5.16 Å². The first kappa shape index (κ1) is 11.8. The first-order valence-electron chi connectivity index (χ1n) is 4.97. The van der Waals surface area contributed by atoms with Crippen molar-refractivity contribution in [2.45, 2.75) is 6.92 Å². The van der Waals surface area contributed by atoms with Crippen LogP contribution in [0.4, 0.5) is 5.88 Å². The molecule has 1 amide bonds. The summed E-state index contributed by atoms with van der Waals surface area (Å²) in [6.07, 6.45) is 0. The summed E-state index contributed by atoms with van der Waals surface area (Å²) < 4.78 is 4.78. The summed E-state index contributed by atoms with van der Waals surface area (Å²) in [5.41, 5.74) is 0.568. The molecule has 0 spiro atoms. The van der Waals surface area contributed by atoms with Gasteiger partial charge in [-0.25, -0.2) is 0 Å². The Hall–Kier alpha value is -2.70. The zero-order valence-electron chi connectivity index (χ0n) is 9.34. The first-order valence-corrected chi connectivity index (χ1v) is 4.97. The highest BCUT2D eigenvalue weighted by molar-refractivity contribution is 6.04. The highest BCUT2D eigenvalue weighted by atomic mass is 16.5. The fourth-order valence-corrected chi connectivity index (χ4v) is 1.34. The molecule has 0 bridgehead atoms. The molecule has 0 atom stereocenters. The van der Waals surface area contributed by atoms with Crippen LogP contribution in [-0.2, 0) is 0 Å². The fraction of sp³-hybridized carbons (Fsp3) is 0.0909. The number of nitrogens with zero attached hydrogens (tertiary/aromatic N) is 1.